The molecule has 0 aromatic heterocycles. The van der Waals surface area contributed by atoms with Crippen LogP contribution >= 0.6 is 0 Å². The van der Waals surface area contributed by atoms with Gasteiger partial charge in [-0.1, -0.05) is 73.7 Å². The van der Waals surface area contributed by atoms with Crippen molar-refractivity contribution in [3.05, 3.63) is 106 Å². The molecule has 2 aliphatic rings. The quantitative estimate of drug-likeness (QED) is 0.693. The van der Waals surface area contributed by atoms with Crippen molar-refractivity contribution in [1.82, 2.24) is 10.2 Å². The molecule has 4 heteroatoms. The Kier molecular flexibility index (Phi) is 5.06. The number of aryl methyl sites for hydroxylation is 1. The van der Waals surface area contributed by atoms with Crippen molar-refractivity contribution in [2.75, 3.05) is 6.54 Å². The standard InChI is InChI=1S/C27H26N2O2/c1-2-18-11-13-19(14-12-18)17-28-26(30)24-22-9-5-6-10-23(22)27(31)29-16-15-20-7-3-4-8-21(20)25(24)29/h3-14,24-25H,2,15-17H2,1H3,(H,28,30)/t24-,25-/m0/s1. The third-order valence-corrected chi connectivity index (χ3v) is 6.61. The lowest BCUT2D eigenvalue weighted by Gasteiger charge is -2.45. The Morgan fingerprint density at radius 2 is 1.61 bits per heavy atom. The highest BCUT2D eigenvalue weighted by Crippen LogP contribution is 2.45. The lowest BCUT2D eigenvalue weighted by atomic mass is 9.76. The minimum atomic E-state index is -0.426. The summed E-state index contributed by atoms with van der Waals surface area (Å²) in [7, 11) is 0. The maximum absolute atomic E-state index is 13.6. The van der Waals surface area contributed by atoms with Crippen LogP contribution in [0.15, 0.2) is 72.8 Å². The van der Waals surface area contributed by atoms with Gasteiger partial charge in [0.15, 0.2) is 0 Å². The molecule has 5 rings (SSSR count). The average molecular weight is 411 g/mol. The fraction of sp³-hybridized carbons (Fsp3) is 0.259. The largest absolute Gasteiger partial charge is 0.351 e. The monoisotopic (exact) mass is 410 g/mol. The van der Waals surface area contributed by atoms with Gasteiger partial charge in [-0.3, -0.25) is 9.59 Å². The summed E-state index contributed by atoms with van der Waals surface area (Å²) < 4.78 is 0. The van der Waals surface area contributed by atoms with E-state index in [4.69, 9.17) is 0 Å². The second kappa shape index (κ2) is 8.03. The van der Waals surface area contributed by atoms with Crippen molar-refractivity contribution in [3.63, 3.8) is 0 Å². The number of nitrogens with zero attached hydrogens (tertiary/aromatic N) is 1. The molecule has 0 aliphatic carbocycles. The van der Waals surface area contributed by atoms with Gasteiger partial charge in [0.2, 0.25) is 5.91 Å². The molecule has 4 nitrogen and oxygen atoms in total. The molecule has 3 aromatic carbocycles. The summed E-state index contributed by atoms with van der Waals surface area (Å²) in [5.41, 5.74) is 6.14. The number of rotatable bonds is 4. The van der Waals surface area contributed by atoms with Crippen LogP contribution in [0.4, 0.5) is 0 Å². The first-order valence-corrected chi connectivity index (χ1v) is 11.0. The number of nitrogens with one attached hydrogen (secondary N) is 1. The molecule has 3 aromatic rings. The summed E-state index contributed by atoms with van der Waals surface area (Å²) >= 11 is 0. The normalized spacial score (nSPS) is 19.3. The zero-order valence-electron chi connectivity index (χ0n) is 17.7. The van der Waals surface area contributed by atoms with Gasteiger partial charge in [-0.2, -0.15) is 0 Å². The number of carbonyl (C=O) groups is 2. The van der Waals surface area contributed by atoms with Gasteiger partial charge in [-0.05, 0) is 46.7 Å². The van der Waals surface area contributed by atoms with Crippen LogP contribution in [0.2, 0.25) is 0 Å². The Morgan fingerprint density at radius 1 is 0.935 bits per heavy atom. The van der Waals surface area contributed by atoms with E-state index in [2.05, 4.69) is 48.6 Å². The second-order valence-electron chi connectivity index (χ2n) is 8.34. The zero-order valence-corrected chi connectivity index (χ0v) is 17.7. The van der Waals surface area contributed by atoms with E-state index in [1.54, 1.807) is 0 Å². The number of amides is 2. The molecule has 0 bridgehead atoms. The molecule has 2 amide bonds. The number of fused-ring (bicyclic) bond motifs is 4. The molecule has 156 valence electrons. The lowest BCUT2D eigenvalue weighted by Crippen LogP contribution is -2.50. The third-order valence-electron chi connectivity index (χ3n) is 6.61. The summed E-state index contributed by atoms with van der Waals surface area (Å²) in [5.74, 6) is -0.439. The molecule has 31 heavy (non-hydrogen) atoms. The number of benzene rings is 3. The van der Waals surface area contributed by atoms with Crippen LogP contribution < -0.4 is 5.32 Å². The van der Waals surface area contributed by atoms with Gasteiger partial charge in [0, 0.05) is 18.7 Å². The van der Waals surface area contributed by atoms with E-state index in [0.717, 1.165) is 29.5 Å². The number of carbonyl (C=O) groups excluding carboxylic acids is 2. The van der Waals surface area contributed by atoms with Gasteiger partial charge in [0.05, 0.1) is 12.0 Å². The van der Waals surface area contributed by atoms with Crippen molar-refractivity contribution in [3.8, 4) is 0 Å². The average Bonchev–Trinajstić information content (AvgIpc) is 2.83. The molecule has 0 radical (unpaired) electrons. The van der Waals surface area contributed by atoms with Crippen molar-refractivity contribution in [1.29, 1.82) is 0 Å². The van der Waals surface area contributed by atoms with Gasteiger partial charge >= 0.3 is 0 Å². The smallest absolute Gasteiger partial charge is 0.254 e. The first-order chi connectivity index (χ1) is 15.2. The van der Waals surface area contributed by atoms with E-state index in [1.165, 1.54) is 11.1 Å². The van der Waals surface area contributed by atoms with Gasteiger partial charge in [-0.25, -0.2) is 0 Å². The van der Waals surface area contributed by atoms with Gasteiger partial charge < -0.3 is 10.2 Å². The third kappa shape index (κ3) is 3.42. The highest BCUT2D eigenvalue weighted by atomic mass is 16.2. The Morgan fingerprint density at radius 3 is 2.39 bits per heavy atom. The molecule has 1 N–H and O–H groups in total. The Hall–Kier alpha value is -3.40. The van der Waals surface area contributed by atoms with Crippen molar-refractivity contribution in [2.45, 2.75) is 38.3 Å². The molecule has 0 unspecified atom stereocenters. The van der Waals surface area contributed by atoms with Crippen LogP contribution in [0.5, 0.6) is 0 Å². The van der Waals surface area contributed by atoms with Gasteiger partial charge in [0.25, 0.3) is 5.91 Å². The van der Waals surface area contributed by atoms with Crippen LogP contribution in [0.1, 0.15) is 57.1 Å². The summed E-state index contributed by atoms with van der Waals surface area (Å²) in [6.07, 6.45) is 1.81. The minimum absolute atomic E-state index is 0.0225. The molecule has 0 saturated heterocycles. The van der Waals surface area contributed by atoms with E-state index in [-0.39, 0.29) is 17.9 Å². The summed E-state index contributed by atoms with van der Waals surface area (Å²) in [4.78, 5) is 28.7. The van der Waals surface area contributed by atoms with E-state index in [9.17, 15) is 9.59 Å². The fourth-order valence-corrected chi connectivity index (χ4v) is 4.95. The minimum Gasteiger partial charge on any atom is -0.351 e. The van der Waals surface area contributed by atoms with Crippen molar-refractivity contribution in [2.24, 2.45) is 0 Å². The Balaban J connectivity index is 1.50. The predicted octanol–water partition coefficient (Wildman–Crippen LogP) is 4.40. The maximum atomic E-state index is 13.6. The molecule has 0 spiro atoms. The molecule has 0 saturated carbocycles. The van der Waals surface area contributed by atoms with Crippen LogP contribution in [0, 0.1) is 0 Å². The maximum Gasteiger partial charge on any atom is 0.254 e. The summed E-state index contributed by atoms with van der Waals surface area (Å²) in [5, 5.41) is 3.15. The topological polar surface area (TPSA) is 49.4 Å². The van der Waals surface area contributed by atoms with E-state index in [1.807, 2.05) is 41.3 Å². The van der Waals surface area contributed by atoms with Gasteiger partial charge in [-0.15, -0.1) is 0 Å². The Labute approximate surface area is 182 Å². The predicted molar refractivity (Wildman–Crippen MR) is 121 cm³/mol. The SMILES string of the molecule is CCc1ccc(CNC(=O)[C@H]2c3ccccc3C(=O)N3CCc4ccccc4[C@@H]23)cc1. The molecule has 2 heterocycles. The zero-order chi connectivity index (χ0) is 21.4. The number of hydrogen-bond acceptors (Lipinski definition) is 2. The van der Waals surface area contributed by atoms with E-state index in [0.29, 0.717) is 18.7 Å². The lowest BCUT2D eigenvalue weighted by molar-refractivity contribution is -0.124. The van der Waals surface area contributed by atoms with Crippen molar-refractivity contribution < 1.29 is 9.59 Å². The van der Waals surface area contributed by atoms with E-state index < -0.39 is 5.92 Å². The first-order valence-electron chi connectivity index (χ1n) is 11.0. The molecule has 2 aliphatic heterocycles. The number of hydrogen-bond donors (Lipinski definition) is 1. The fourth-order valence-electron chi connectivity index (χ4n) is 4.95. The Bertz CT molecular complexity index is 1140. The van der Waals surface area contributed by atoms with E-state index >= 15 is 0 Å². The summed E-state index contributed by atoms with van der Waals surface area (Å²) in [6, 6.07) is 23.9. The van der Waals surface area contributed by atoms with Crippen LogP contribution in [0.25, 0.3) is 0 Å². The second-order valence-corrected chi connectivity index (χ2v) is 8.34. The van der Waals surface area contributed by atoms with Gasteiger partial charge in [0.1, 0.15) is 0 Å². The van der Waals surface area contributed by atoms with Crippen LogP contribution in [-0.4, -0.2) is 23.3 Å². The molecular formula is C27H26N2O2. The highest BCUT2D eigenvalue weighted by molar-refractivity contribution is 6.01. The summed E-state index contributed by atoms with van der Waals surface area (Å²) in [6.45, 7) is 3.24. The molecule has 2 atom stereocenters. The van der Waals surface area contributed by atoms with Crippen LogP contribution in [0.3, 0.4) is 0 Å². The van der Waals surface area contributed by atoms with Crippen LogP contribution in [-0.2, 0) is 24.2 Å². The molecule has 0 fully saturated rings. The first kappa shape index (κ1) is 19.6. The van der Waals surface area contributed by atoms with Crippen molar-refractivity contribution >= 4 is 11.8 Å². The molecular weight excluding hydrogens is 384 g/mol. The highest BCUT2D eigenvalue weighted by Gasteiger charge is 2.45.